The molecule has 1 aromatic rings. The van der Waals surface area contributed by atoms with E-state index in [-0.39, 0.29) is 17.4 Å². The molecule has 2 amide bonds. The molecule has 0 bridgehead atoms. The zero-order valence-corrected chi connectivity index (χ0v) is 17.1. The smallest absolute Gasteiger partial charge is 0.407 e. The molecular formula is C22H34N2O3. The molecule has 1 unspecified atom stereocenters. The van der Waals surface area contributed by atoms with Crippen LogP contribution in [0.15, 0.2) is 30.3 Å². The molecule has 1 fully saturated rings. The summed E-state index contributed by atoms with van der Waals surface area (Å²) >= 11 is 0. The number of alkyl carbamates (subject to hydrolysis) is 1. The third-order valence-electron chi connectivity index (χ3n) is 5.13. The summed E-state index contributed by atoms with van der Waals surface area (Å²) in [6.07, 6.45) is 4.85. The van der Waals surface area contributed by atoms with E-state index in [0.29, 0.717) is 13.0 Å². The first-order valence-corrected chi connectivity index (χ1v) is 10.1. The molecule has 1 aliphatic carbocycles. The van der Waals surface area contributed by atoms with Gasteiger partial charge in [-0.05, 0) is 51.5 Å². The maximum Gasteiger partial charge on any atom is 0.407 e. The number of nitrogens with one attached hydrogen (secondary N) is 2. The number of benzene rings is 1. The van der Waals surface area contributed by atoms with E-state index in [0.717, 1.165) is 32.1 Å². The number of hydrogen-bond donors (Lipinski definition) is 2. The van der Waals surface area contributed by atoms with Crippen LogP contribution < -0.4 is 10.6 Å². The molecule has 2 rings (SSSR count). The Hall–Kier alpha value is -2.04. The van der Waals surface area contributed by atoms with Crippen LogP contribution in [0.1, 0.15) is 77.7 Å². The molecule has 1 saturated carbocycles. The summed E-state index contributed by atoms with van der Waals surface area (Å²) in [5.74, 6) is 0.266. The van der Waals surface area contributed by atoms with Crippen molar-refractivity contribution in [2.75, 3.05) is 6.54 Å². The molecule has 0 aromatic heterocycles. The molecule has 0 heterocycles. The van der Waals surface area contributed by atoms with Gasteiger partial charge in [0.1, 0.15) is 5.60 Å². The summed E-state index contributed by atoms with van der Waals surface area (Å²) in [5, 5.41) is 6.09. The predicted molar refractivity (Wildman–Crippen MR) is 108 cm³/mol. The van der Waals surface area contributed by atoms with Crippen molar-refractivity contribution in [3.63, 3.8) is 0 Å². The molecule has 0 saturated heterocycles. The summed E-state index contributed by atoms with van der Waals surface area (Å²) in [6.45, 7) is 8.05. The van der Waals surface area contributed by atoms with E-state index in [4.69, 9.17) is 4.74 Å². The van der Waals surface area contributed by atoms with E-state index in [9.17, 15) is 9.59 Å². The molecule has 2 N–H and O–H groups in total. The van der Waals surface area contributed by atoms with E-state index in [1.165, 1.54) is 5.56 Å². The number of carbonyl (C=O) groups excluding carboxylic acids is 2. The summed E-state index contributed by atoms with van der Waals surface area (Å²) in [7, 11) is 0. The lowest BCUT2D eigenvalue weighted by atomic mass is 9.91. The highest BCUT2D eigenvalue weighted by atomic mass is 16.6. The third kappa shape index (κ3) is 6.89. The van der Waals surface area contributed by atoms with E-state index in [1.54, 1.807) is 0 Å². The van der Waals surface area contributed by atoms with Crippen LogP contribution in [0.4, 0.5) is 4.79 Å². The van der Waals surface area contributed by atoms with Crippen LogP contribution in [0.5, 0.6) is 0 Å². The second-order valence-corrected chi connectivity index (χ2v) is 8.61. The van der Waals surface area contributed by atoms with Gasteiger partial charge in [0, 0.05) is 13.0 Å². The van der Waals surface area contributed by atoms with Gasteiger partial charge in [-0.3, -0.25) is 4.79 Å². The molecule has 5 nitrogen and oxygen atoms in total. The summed E-state index contributed by atoms with van der Waals surface area (Å²) in [6, 6.07) is 10.2. The van der Waals surface area contributed by atoms with E-state index < -0.39 is 11.7 Å². The fourth-order valence-corrected chi connectivity index (χ4v) is 3.75. The topological polar surface area (TPSA) is 67.4 Å². The third-order valence-corrected chi connectivity index (χ3v) is 5.13. The number of ether oxygens (including phenoxy) is 1. The van der Waals surface area contributed by atoms with Crippen LogP contribution >= 0.6 is 0 Å². The number of carbonyl (C=O) groups is 2. The lowest BCUT2D eigenvalue weighted by Gasteiger charge is -2.32. The van der Waals surface area contributed by atoms with Gasteiger partial charge >= 0.3 is 6.09 Å². The zero-order chi connectivity index (χ0) is 19.9. The lowest BCUT2D eigenvalue weighted by molar-refractivity contribution is -0.123. The van der Waals surface area contributed by atoms with Crippen LogP contribution in [0.2, 0.25) is 0 Å². The zero-order valence-electron chi connectivity index (χ0n) is 17.1. The van der Waals surface area contributed by atoms with Crippen molar-refractivity contribution in [3.8, 4) is 0 Å². The first-order chi connectivity index (χ1) is 12.7. The molecule has 150 valence electrons. The lowest BCUT2D eigenvalue weighted by Crippen LogP contribution is -2.54. The van der Waals surface area contributed by atoms with Crippen LogP contribution in [-0.4, -0.2) is 29.7 Å². The predicted octanol–water partition coefficient (Wildman–Crippen LogP) is 4.52. The van der Waals surface area contributed by atoms with Crippen LogP contribution in [0, 0.1) is 0 Å². The molecule has 5 heteroatoms. The second-order valence-electron chi connectivity index (χ2n) is 8.61. The van der Waals surface area contributed by atoms with Crippen molar-refractivity contribution in [2.24, 2.45) is 0 Å². The Labute approximate surface area is 163 Å². The van der Waals surface area contributed by atoms with Gasteiger partial charge in [0.25, 0.3) is 0 Å². The van der Waals surface area contributed by atoms with Crippen LogP contribution in [0.25, 0.3) is 0 Å². The van der Waals surface area contributed by atoms with Gasteiger partial charge < -0.3 is 15.4 Å². The highest BCUT2D eigenvalue weighted by Gasteiger charge is 2.36. The van der Waals surface area contributed by atoms with Crippen molar-refractivity contribution in [1.29, 1.82) is 0 Å². The van der Waals surface area contributed by atoms with Gasteiger partial charge in [0.15, 0.2) is 0 Å². The average Bonchev–Trinajstić information content (AvgIpc) is 3.06. The average molecular weight is 375 g/mol. The van der Waals surface area contributed by atoms with Crippen molar-refractivity contribution >= 4 is 12.0 Å². The van der Waals surface area contributed by atoms with Gasteiger partial charge in [0.2, 0.25) is 5.91 Å². The van der Waals surface area contributed by atoms with Crippen molar-refractivity contribution < 1.29 is 14.3 Å². The number of hydrogen-bond acceptors (Lipinski definition) is 3. The van der Waals surface area contributed by atoms with Gasteiger partial charge in [-0.15, -0.1) is 0 Å². The first kappa shape index (κ1) is 21.3. The molecule has 1 aliphatic rings. The Morgan fingerprint density at radius 3 is 2.33 bits per heavy atom. The number of rotatable bonds is 7. The molecule has 1 aromatic carbocycles. The van der Waals surface area contributed by atoms with Crippen molar-refractivity contribution in [2.45, 2.75) is 83.3 Å². The second kappa shape index (κ2) is 9.25. The Morgan fingerprint density at radius 1 is 1.15 bits per heavy atom. The molecule has 0 aliphatic heterocycles. The highest BCUT2D eigenvalue weighted by molar-refractivity contribution is 5.78. The Balaban J connectivity index is 1.94. The van der Waals surface area contributed by atoms with Gasteiger partial charge in [0.05, 0.1) is 5.54 Å². The quantitative estimate of drug-likeness (QED) is 0.737. The van der Waals surface area contributed by atoms with Crippen molar-refractivity contribution in [1.82, 2.24) is 10.6 Å². The Kier molecular flexibility index (Phi) is 7.28. The fraction of sp³-hybridized carbons (Fsp3) is 0.636. The molecule has 1 atom stereocenters. The summed E-state index contributed by atoms with van der Waals surface area (Å²) in [4.78, 5) is 24.8. The molecule has 0 radical (unpaired) electrons. The van der Waals surface area contributed by atoms with Crippen LogP contribution in [0.3, 0.4) is 0 Å². The maximum atomic E-state index is 12.8. The maximum absolute atomic E-state index is 12.8. The van der Waals surface area contributed by atoms with Gasteiger partial charge in [-0.25, -0.2) is 4.79 Å². The van der Waals surface area contributed by atoms with E-state index in [2.05, 4.69) is 29.7 Å². The summed E-state index contributed by atoms with van der Waals surface area (Å²) in [5.41, 5.74) is 0.311. The normalized spacial score (nSPS) is 17.2. The van der Waals surface area contributed by atoms with E-state index >= 15 is 0 Å². The first-order valence-electron chi connectivity index (χ1n) is 10.1. The van der Waals surface area contributed by atoms with Crippen molar-refractivity contribution in [3.05, 3.63) is 35.9 Å². The minimum absolute atomic E-state index is 0.0543. The SMILES string of the molecule is CCC(CC(=O)NC1(CNC(=O)OC(C)(C)C)CCCC1)c1ccccc1. The molecular weight excluding hydrogens is 340 g/mol. The van der Waals surface area contributed by atoms with E-state index in [1.807, 2.05) is 39.0 Å². The number of amides is 2. The minimum Gasteiger partial charge on any atom is -0.444 e. The Morgan fingerprint density at radius 2 is 1.78 bits per heavy atom. The summed E-state index contributed by atoms with van der Waals surface area (Å²) < 4.78 is 5.32. The Bertz CT molecular complexity index is 616. The van der Waals surface area contributed by atoms with Gasteiger partial charge in [-0.1, -0.05) is 50.1 Å². The monoisotopic (exact) mass is 374 g/mol. The largest absolute Gasteiger partial charge is 0.444 e. The van der Waals surface area contributed by atoms with Gasteiger partial charge in [-0.2, -0.15) is 0 Å². The van der Waals surface area contributed by atoms with Crippen LogP contribution in [-0.2, 0) is 9.53 Å². The standard InChI is InChI=1S/C22H34N2O3/c1-5-17(18-11-7-6-8-12-18)15-19(25)24-22(13-9-10-14-22)16-23-20(26)27-21(2,3)4/h6-8,11-12,17H,5,9-10,13-16H2,1-4H3,(H,23,26)(H,24,25). The molecule has 0 spiro atoms. The fourth-order valence-electron chi connectivity index (χ4n) is 3.75. The highest BCUT2D eigenvalue weighted by Crippen LogP contribution is 2.30. The minimum atomic E-state index is -0.528. The molecule has 27 heavy (non-hydrogen) atoms.